The van der Waals surface area contributed by atoms with Crippen LogP contribution in [0.1, 0.15) is 33.5 Å². The summed E-state index contributed by atoms with van der Waals surface area (Å²) in [6.07, 6.45) is 1.64. The molecule has 7 heteroatoms. The standard InChI is InChI=1S/C24H25ClN2O3S/c1-17-8-11-21(12-9-17)31(29,30)27-20-10-13-23(25)22(16-20)24(28)26-14-4-7-19-6-3-5-18(2)15-19/h3,5-6,8-13,15-16,27H,4,7,14H2,1-2H3,(H,26,28). The monoisotopic (exact) mass is 456 g/mol. The van der Waals surface area contributed by atoms with Crippen molar-refractivity contribution in [2.24, 2.45) is 0 Å². The minimum atomic E-state index is -3.77. The Labute approximate surface area is 188 Å². The second-order valence-corrected chi connectivity index (χ2v) is 9.55. The molecule has 0 heterocycles. The molecule has 31 heavy (non-hydrogen) atoms. The second kappa shape index (κ2) is 9.98. The van der Waals surface area contributed by atoms with Crippen molar-refractivity contribution in [2.45, 2.75) is 31.6 Å². The van der Waals surface area contributed by atoms with Crippen molar-refractivity contribution in [3.8, 4) is 0 Å². The van der Waals surface area contributed by atoms with Gasteiger partial charge in [0.05, 0.1) is 15.5 Å². The van der Waals surface area contributed by atoms with Crippen molar-refractivity contribution in [3.05, 3.63) is 94.0 Å². The number of anilines is 1. The molecular formula is C24H25ClN2O3S. The van der Waals surface area contributed by atoms with Crippen LogP contribution < -0.4 is 10.0 Å². The first kappa shape index (κ1) is 22.8. The number of carbonyl (C=O) groups is 1. The van der Waals surface area contributed by atoms with E-state index in [9.17, 15) is 13.2 Å². The molecule has 1 amide bonds. The van der Waals surface area contributed by atoms with Crippen LogP contribution in [0, 0.1) is 13.8 Å². The quantitative estimate of drug-likeness (QED) is 0.462. The van der Waals surface area contributed by atoms with E-state index in [1.807, 2.05) is 26.0 Å². The number of aryl methyl sites for hydroxylation is 3. The molecule has 0 spiro atoms. The number of benzene rings is 3. The normalized spacial score (nSPS) is 11.2. The van der Waals surface area contributed by atoms with Gasteiger partial charge in [0.2, 0.25) is 0 Å². The zero-order chi connectivity index (χ0) is 22.4. The smallest absolute Gasteiger partial charge is 0.261 e. The molecule has 0 bridgehead atoms. The number of nitrogens with one attached hydrogen (secondary N) is 2. The number of hydrogen-bond donors (Lipinski definition) is 2. The van der Waals surface area contributed by atoms with Crippen molar-refractivity contribution in [1.29, 1.82) is 0 Å². The lowest BCUT2D eigenvalue weighted by molar-refractivity contribution is 0.0953. The van der Waals surface area contributed by atoms with E-state index in [0.717, 1.165) is 18.4 Å². The first-order valence-electron chi connectivity index (χ1n) is 9.97. The SMILES string of the molecule is Cc1ccc(S(=O)(=O)Nc2ccc(Cl)c(C(=O)NCCCc3cccc(C)c3)c2)cc1. The summed E-state index contributed by atoms with van der Waals surface area (Å²) in [5.74, 6) is -0.342. The van der Waals surface area contributed by atoms with Gasteiger partial charge in [-0.05, 0) is 62.6 Å². The summed E-state index contributed by atoms with van der Waals surface area (Å²) in [6, 6.07) is 19.3. The minimum Gasteiger partial charge on any atom is -0.352 e. The van der Waals surface area contributed by atoms with Gasteiger partial charge in [-0.2, -0.15) is 0 Å². The molecule has 3 aromatic carbocycles. The third-order valence-corrected chi connectivity index (χ3v) is 6.53. The number of halogens is 1. The molecule has 0 saturated heterocycles. The Bertz CT molecular complexity index is 1180. The Morgan fingerprint density at radius 3 is 2.39 bits per heavy atom. The van der Waals surface area contributed by atoms with Crippen LogP contribution in [0.25, 0.3) is 0 Å². The molecule has 0 aliphatic heterocycles. The van der Waals surface area contributed by atoms with E-state index in [-0.39, 0.29) is 27.1 Å². The maximum atomic E-state index is 12.6. The molecule has 3 rings (SSSR count). The van der Waals surface area contributed by atoms with Crippen molar-refractivity contribution < 1.29 is 13.2 Å². The maximum Gasteiger partial charge on any atom is 0.261 e. The summed E-state index contributed by atoms with van der Waals surface area (Å²) in [5.41, 5.74) is 3.89. The van der Waals surface area contributed by atoms with E-state index in [1.54, 1.807) is 12.1 Å². The predicted molar refractivity (Wildman–Crippen MR) is 125 cm³/mol. The average Bonchev–Trinajstić information content (AvgIpc) is 2.72. The highest BCUT2D eigenvalue weighted by molar-refractivity contribution is 7.92. The van der Waals surface area contributed by atoms with Gasteiger partial charge < -0.3 is 5.32 Å². The number of carbonyl (C=O) groups excluding carboxylic acids is 1. The van der Waals surface area contributed by atoms with Gasteiger partial charge in [-0.1, -0.05) is 59.1 Å². The predicted octanol–water partition coefficient (Wildman–Crippen LogP) is 5.12. The van der Waals surface area contributed by atoms with E-state index in [0.29, 0.717) is 6.54 Å². The lowest BCUT2D eigenvalue weighted by Gasteiger charge is -2.11. The van der Waals surface area contributed by atoms with E-state index in [1.165, 1.54) is 41.5 Å². The highest BCUT2D eigenvalue weighted by atomic mass is 35.5. The Morgan fingerprint density at radius 2 is 1.68 bits per heavy atom. The zero-order valence-electron chi connectivity index (χ0n) is 17.5. The molecule has 3 aromatic rings. The lowest BCUT2D eigenvalue weighted by Crippen LogP contribution is -2.25. The van der Waals surface area contributed by atoms with Crippen molar-refractivity contribution in [2.75, 3.05) is 11.3 Å². The van der Waals surface area contributed by atoms with Crippen LogP contribution in [0.3, 0.4) is 0 Å². The fraction of sp³-hybridized carbons (Fsp3) is 0.208. The third kappa shape index (κ3) is 6.32. The van der Waals surface area contributed by atoms with Gasteiger partial charge in [0, 0.05) is 12.2 Å². The first-order valence-corrected chi connectivity index (χ1v) is 11.8. The van der Waals surface area contributed by atoms with Crippen LogP contribution in [-0.2, 0) is 16.4 Å². The Balaban J connectivity index is 1.63. The largest absolute Gasteiger partial charge is 0.352 e. The van der Waals surface area contributed by atoms with Crippen LogP contribution in [-0.4, -0.2) is 20.9 Å². The lowest BCUT2D eigenvalue weighted by atomic mass is 10.1. The number of hydrogen-bond acceptors (Lipinski definition) is 3. The second-order valence-electron chi connectivity index (χ2n) is 7.46. The molecule has 5 nitrogen and oxygen atoms in total. The van der Waals surface area contributed by atoms with E-state index in [4.69, 9.17) is 11.6 Å². The molecule has 0 aromatic heterocycles. The maximum absolute atomic E-state index is 12.6. The summed E-state index contributed by atoms with van der Waals surface area (Å²) in [4.78, 5) is 12.7. The molecule has 0 radical (unpaired) electrons. The van der Waals surface area contributed by atoms with Gasteiger partial charge in [0.1, 0.15) is 0 Å². The molecular weight excluding hydrogens is 432 g/mol. The highest BCUT2D eigenvalue weighted by Gasteiger charge is 2.16. The molecule has 0 unspecified atom stereocenters. The molecule has 0 atom stereocenters. The van der Waals surface area contributed by atoms with Crippen LogP contribution in [0.5, 0.6) is 0 Å². The van der Waals surface area contributed by atoms with Crippen molar-refractivity contribution in [3.63, 3.8) is 0 Å². The summed E-state index contributed by atoms with van der Waals surface area (Å²) < 4.78 is 27.7. The van der Waals surface area contributed by atoms with Crippen molar-refractivity contribution in [1.82, 2.24) is 5.32 Å². The summed E-state index contributed by atoms with van der Waals surface area (Å²) in [5, 5.41) is 3.11. The van der Waals surface area contributed by atoms with Crippen molar-refractivity contribution >= 4 is 33.2 Å². The molecule has 0 aliphatic carbocycles. The van der Waals surface area contributed by atoms with Crippen LogP contribution in [0.2, 0.25) is 5.02 Å². The number of rotatable bonds is 8. The molecule has 0 fully saturated rings. The van der Waals surface area contributed by atoms with Gasteiger partial charge in [-0.25, -0.2) is 8.42 Å². The molecule has 162 valence electrons. The average molecular weight is 457 g/mol. The van der Waals surface area contributed by atoms with E-state index < -0.39 is 10.0 Å². The minimum absolute atomic E-state index is 0.148. The molecule has 2 N–H and O–H groups in total. The topological polar surface area (TPSA) is 75.3 Å². The van der Waals surface area contributed by atoms with Crippen LogP contribution >= 0.6 is 11.6 Å². The Morgan fingerprint density at radius 1 is 0.935 bits per heavy atom. The Hall–Kier alpha value is -2.83. The zero-order valence-corrected chi connectivity index (χ0v) is 19.1. The Kier molecular flexibility index (Phi) is 7.36. The summed E-state index contributed by atoms with van der Waals surface area (Å²) >= 11 is 6.18. The van der Waals surface area contributed by atoms with Gasteiger partial charge in [0.25, 0.3) is 15.9 Å². The van der Waals surface area contributed by atoms with Gasteiger partial charge >= 0.3 is 0 Å². The number of amides is 1. The summed E-state index contributed by atoms with van der Waals surface area (Å²) in [6.45, 7) is 4.42. The van der Waals surface area contributed by atoms with E-state index >= 15 is 0 Å². The fourth-order valence-electron chi connectivity index (χ4n) is 3.15. The van der Waals surface area contributed by atoms with Gasteiger partial charge in [-0.3, -0.25) is 9.52 Å². The highest BCUT2D eigenvalue weighted by Crippen LogP contribution is 2.23. The first-order chi connectivity index (χ1) is 14.7. The van der Waals surface area contributed by atoms with Crippen LogP contribution in [0.15, 0.2) is 71.6 Å². The van der Waals surface area contributed by atoms with Crippen LogP contribution in [0.4, 0.5) is 5.69 Å². The number of sulfonamides is 1. The molecule has 0 saturated carbocycles. The molecule has 0 aliphatic rings. The van der Waals surface area contributed by atoms with E-state index in [2.05, 4.69) is 22.2 Å². The fourth-order valence-corrected chi connectivity index (χ4v) is 4.40. The van der Waals surface area contributed by atoms with Gasteiger partial charge in [0.15, 0.2) is 0 Å². The van der Waals surface area contributed by atoms with Gasteiger partial charge in [-0.15, -0.1) is 0 Å². The summed E-state index contributed by atoms with van der Waals surface area (Å²) in [7, 11) is -3.77. The third-order valence-electron chi connectivity index (χ3n) is 4.80.